The van der Waals surface area contributed by atoms with Crippen LogP contribution in [-0.2, 0) is 11.2 Å². The topological polar surface area (TPSA) is 41.6 Å². The van der Waals surface area contributed by atoms with E-state index in [1.165, 1.54) is 13.2 Å². The summed E-state index contributed by atoms with van der Waals surface area (Å²) in [6, 6.07) is 4.96. The highest BCUT2D eigenvalue weighted by Gasteiger charge is 2.20. The summed E-state index contributed by atoms with van der Waals surface area (Å²) in [4.78, 5) is 13.9. The van der Waals surface area contributed by atoms with Gasteiger partial charge in [0.15, 0.2) is 11.6 Å². The van der Waals surface area contributed by atoms with Crippen molar-refractivity contribution in [3.8, 4) is 5.75 Å². The molecule has 1 aromatic carbocycles. The predicted molar refractivity (Wildman–Crippen MR) is 70.7 cm³/mol. The van der Waals surface area contributed by atoms with Crippen LogP contribution < -0.4 is 10.1 Å². The molecule has 4 nitrogen and oxygen atoms in total. The van der Waals surface area contributed by atoms with E-state index < -0.39 is 5.82 Å². The van der Waals surface area contributed by atoms with Crippen LogP contribution in [0.25, 0.3) is 0 Å². The first kappa shape index (κ1) is 13.8. The van der Waals surface area contributed by atoms with Crippen molar-refractivity contribution in [1.29, 1.82) is 0 Å². The molecule has 1 aliphatic heterocycles. The van der Waals surface area contributed by atoms with Crippen LogP contribution in [0.4, 0.5) is 4.39 Å². The minimum absolute atomic E-state index is 0.0397. The third kappa shape index (κ3) is 3.44. The Bertz CT molecular complexity index is 465. The van der Waals surface area contributed by atoms with Crippen molar-refractivity contribution in [2.45, 2.75) is 19.4 Å². The van der Waals surface area contributed by atoms with Crippen LogP contribution in [0.15, 0.2) is 18.2 Å². The fraction of sp³-hybridized carbons (Fsp3) is 0.500. The zero-order valence-corrected chi connectivity index (χ0v) is 11.3. The summed E-state index contributed by atoms with van der Waals surface area (Å²) in [6.45, 7) is 4.27. The number of piperazine rings is 1. The molecule has 0 aromatic heterocycles. The molecule has 1 fully saturated rings. The van der Waals surface area contributed by atoms with Crippen molar-refractivity contribution in [2.24, 2.45) is 0 Å². The zero-order chi connectivity index (χ0) is 13.8. The number of nitrogens with zero attached hydrogens (tertiary/aromatic N) is 1. The van der Waals surface area contributed by atoms with Crippen molar-refractivity contribution in [1.82, 2.24) is 10.2 Å². The Morgan fingerprint density at radius 1 is 1.58 bits per heavy atom. The van der Waals surface area contributed by atoms with Gasteiger partial charge in [0.2, 0.25) is 5.91 Å². The molecule has 5 heteroatoms. The van der Waals surface area contributed by atoms with E-state index in [1.54, 1.807) is 12.1 Å². The molecule has 2 rings (SSSR count). The molecule has 1 heterocycles. The molecule has 1 aromatic rings. The third-order valence-electron chi connectivity index (χ3n) is 3.29. The molecule has 0 aliphatic carbocycles. The predicted octanol–water partition coefficient (Wildman–Crippen LogP) is 1.20. The average molecular weight is 266 g/mol. The maximum atomic E-state index is 13.5. The molecule has 19 heavy (non-hydrogen) atoms. The van der Waals surface area contributed by atoms with Gasteiger partial charge in [-0.05, 0) is 24.6 Å². The first-order chi connectivity index (χ1) is 9.10. The van der Waals surface area contributed by atoms with Crippen LogP contribution in [0.1, 0.15) is 12.5 Å². The molecule has 1 atom stereocenters. The number of nitrogens with one attached hydrogen (secondary N) is 1. The van der Waals surface area contributed by atoms with E-state index in [1.807, 2.05) is 11.8 Å². The van der Waals surface area contributed by atoms with Gasteiger partial charge in [-0.2, -0.15) is 0 Å². The molecule has 1 saturated heterocycles. The molecular formula is C14H19FN2O2. The Balaban J connectivity index is 2.00. The molecular weight excluding hydrogens is 247 g/mol. The smallest absolute Gasteiger partial charge is 0.227 e. The van der Waals surface area contributed by atoms with E-state index >= 15 is 0 Å². The Labute approximate surface area is 112 Å². The molecule has 1 amide bonds. The Hall–Kier alpha value is -1.62. The second-order valence-electron chi connectivity index (χ2n) is 4.84. The second-order valence-corrected chi connectivity index (χ2v) is 4.84. The van der Waals surface area contributed by atoms with Gasteiger partial charge in [-0.1, -0.05) is 6.07 Å². The Morgan fingerprint density at radius 2 is 2.37 bits per heavy atom. The molecule has 0 bridgehead atoms. The van der Waals surface area contributed by atoms with Crippen molar-refractivity contribution >= 4 is 5.91 Å². The summed E-state index contributed by atoms with van der Waals surface area (Å²) in [7, 11) is 1.42. The zero-order valence-electron chi connectivity index (χ0n) is 11.3. The largest absolute Gasteiger partial charge is 0.494 e. The van der Waals surface area contributed by atoms with Gasteiger partial charge in [0.1, 0.15) is 0 Å². The summed E-state index contributed by atoms with van der Waals surface area (Å²) in [5.74, 6) is -0.189. The van der Waals surface area contributed by atoms with Gasteiger partial charge in [-0.25, -0.2) is 4.39 Å². The summed E-state index contributed by atoms with van der Waals surface area (Å²) >= 11 is 0. The van der Waals surface area contributed by atoms with Gasteiger partial charge in [-0.3, -0.25) is 4.79 Å². The van der Waals surface area contributed by atoms with Crippen LogP contribution in [0, 0.1) is 5.82 Å². The molecule has 0 saturated carbocycles. The molecule has 104 valence electrons. The summed E-state index contributed by atoms with van der Waals surface area (Å²) in [5.41, 5.74) is 0.675. The van der Waals surface area contributed by atoms with Gasteiger partial charge in [-0.15, -0.1) is 0 Å². The van der Waals surface area contributed by atoms with Gasteiger partial charge in [0.05, 0.1) is 13.5 Å². The fourth-order valence-corrected chi connectivity index (χ4v) is 2.27. The van der Waals surface area contributed by atoms with Crippen LogP contribution in [0.5, 0.6) is 5.75 Å². The highest BCUT2D eigenvalue weighted by molar-refractivity contribution is 5.79. The number of methoxy groups -OCH3 is 1. The maximum absolute atomic E-state index is 13.5. The quantitative estimate of drug-likeness (QED) is 0.893. The number of ether oxygens (including phenoxy) is 1. The van der Waals surface area contributed by atoms with Crippen molar-refractivity contribution < 1.29 is 13.9 Å². The number of hydrogen-bond donors (Lipinski definition) is 1. The van der Waals surface area contributed by atoms with E-state index in [0.717, 1.165) is 6.54 Å². The number of hydrogen-bond acceptors (Lipinski definition) is 3. The summed E-state index contributed by atoms with van der Waals surface area (Å²) < 4.78 is 18.4. The van der Waals surface area contributed by atoms with Gasteiger partial charge in [0, 0.05) is 25.7 Å². The third-order valence-corrected chi connectivity index (χ3v) is 3.29. The number of benzene rings is 1. The average Bonchev–Trinajstić information content (AvgIpc) is 2.39. The number of amides is 1. The van der Waals surface area contributed by atoms with Crippen molar-refractivity contribution in [3.05, 3.63) is 29.6 Å². The van der Waals surface area contributed by atoms with Crippen LogP contribution in [-0.4, -0.2) is 43.6 Å². The normalized spacial score (nSPS) is 19.3. The molecule has 1 aliphatic rings. The Morgan fingerprint density at radius 3 is 3.00 bits per heavy atom. The standard InChI is InChI=1S/C14H19FN2O2/c1-10-9-17(6-5-16-10)14(18)8-11-3-4-13(19-2)12(15)7-11/h3-4,7,10,16H,5-6,8-9H2,1-2H3/t10-/m1/s1. The van der Waals surface area contributed by atoms with Crippen LogP contribution in [0.3, 0.4) is 0 Å². The highest BCUT2D eigenvalue weighted by atomic mass is 19.1. The van der Waals surface area contributed by atoms with Crippen molar-refractivity contribution in [3.63, 3.8) is 0 Å². The second kappa shape index (κ2) is 6.02. The van der Waals surface area contributed by atoms with Gasteiger partial charge < -0.3 is 15.0 Å². The Kier molecular flexibility index (Phi) is 4.37. The lowest BCUT2D eigenvalue weighted by Gasteiger charge is -2.32. The number of halogens is 1. The monoisotopic (exact) mass is 266 g/mol. The number of rotatable bonds is 3. The van der Waals surface area contributed by atoms with E-state index in [-0.39, 0.29) is 18.1 Å². The summed E-state index contributed by atoms with van der Waals surface area (Å²) in [6.07, 6.45) is 0.230. The minimum atomic E-state index is -0.429. The lowest BCUT2D eigenvalue weighted by molar-refractivity contribution is -0.131. The fourth-order valence-electron chi connectivity index (χ4n) is 2.27. The first-order valence-corrected chi connectivity index (χ1v) is 6.43. The summed E-state index contributed by atoms with van der Waals surface area (Å²) in [5, 5.41) is 3.28. The minimum Gasteiger partial charge on any atom is -0.494 e. The SMILES string of the molecule is COc1ccc(CC(=O)N2CCN[C@H](C)C2)cc1F. The number of carbonyl (C=O) groups excluding carboxylic acids is 1. The van der Waals surface area contributed by atoms with E-state index in [4.69, 9.17) is 4.74 Å². The van der Waals surface area contributed by atoms with E-state index in [2.05, 4.69) is 5.32 Å². The van der Waals surface area contributed by atoms with E-state index in [0.29, 0.717) is 24.7 Å². The number of carbonyl (C=O) groups is 1. The first-order valence-electron chi connectivity index (χ1n) is 6.43. The highest BCUT2D eigenvalue weighted by Crippen LogP contribution is 2.18. The van der Waals surface area contributed by atoms with Crippen LogP contribution >= 0.6 is 0 Å². The molecule has 1 N–H and O–H groups in total. The van der Waals surface area contributed by atoms with Crippen molar-refractivity contribution in [2.75, 3.05) is 26.7 Å². The lowest BCUT2D eigenvalue weighted by Crippen LogP contribution is -2.51. The van der Waals surface area contributed by atoms with Gasteiger partial charge >= 0.3 is 0 Å². The molecule has 0 unspecified atom stereocenters. The lowest BCUT2D eigenvalue weighted by atomic mass is 10.1. The van der Waals surface area contributed by atoms with Crippen LogP contribution in [0.2, 0.25) is 0 Å². The van der Waals surface area contributed by atoms with Gasteiger partial charge in [0.25, 0.3) is 0 Å². The molecule has 0 radical (unpaired) electrons. The maximum Gasteiger partial charge on any atom is 0.227 e. The van der Waals surface area contributed by atoms with E-state index in [9.17, 15) is 9.18 Å². The molecule has 0 spiro atoms.